The molecule has 2 rings (SSSR count). The molecule has 0 aliphatic rings. The molecule has 90 valence electrons. The first-order chi connectivity index (χ1) is 8.21. The van der Waals surface area contributed by atoms with E-state index in [9.17, 15) is 0 Å². The van der Waals surface area contributed by atoms with Gasteiger partial charge in [0.2, 0.25) is 0 Å². The van der Waals surface area contributed by atoms with Gasteiger partial charge in [-0.05, 0) is 25.5 Å². The minimum Gasteiger partial charge on any atom is -0.493 e. The first kappa shape index (κ1) is 11.6. The molecule has 0 saturated heterocycles. The summed E-state index contributed by atoms with van der Waals surface area (Å²) in [5.74, 6) is 1.44. The van der Waals surface area contributed by atoms with Crippen LogP contribution < -0.4 is 9.47 Å². The van der Waals surface area contributed by atoms with E-state index in [1.807, 2.05) is 19.1 Å². The Morgan fingerprint density at radius 1 is 1.00 bits per heavy atom. The summed E-state index contributed by atoms with van der Waals surface area (Å²) in [4.78, 5) is 0. The Morgan fingerprint density at radius 3 is 2.12 bits per heavy atom. The van der Waals surface area contributed by atoms with Crippen molar-refractivity contribution in [3.8, 4) is 11.5 Å². The number of ether oxygens (including phenoxy) is 2. The third-order valence-electron chi connectivity index (χ3n) is 2.88. The lowest BCUT2D eigenvalue weighted by Gasteiger charge is -2.11. The number of fused-ring (bicyclic) bond motifs is 1. The summed E-state index contributed by atoms with van der Waals surface area (Å²) in [6.45, 7) is 4.01. The first-order valence-corrected chi connectivity index (χ1v) is 5.59. The number of benzene rings is 1. The lowest BCUT2D eigenvalue weighted by Crippen LogP contribution is -1.98. The number of hydrogen-bond acceptors (Lipinski definition) is 4. The van der Waals surface area contributed by atoms with Crippen LogP contribution in [0.4, 0.5) is 0 Å². The normalized spacial score (nSPS) is 10.6. The van der Waals surface area contributed by atoms with Crippen molar-refractivity contribution in [2.75, 3.05) is 14.2 Å². The van der Waals surface area contributed by atoms with Gasteiger partial charge in [-0.2, -0.15) is 10.2 Å². The molecule has 1 heterocycles. The predicted molar refractivity (Wildman–Crippen MR) is 66.8 cm³/mol. The van der Waals surface area contributed by atoms with E-state index in [2.05, 4.69) is 17.1 Å². The second kappa shape index (κ2) is 4.57. The fourth-order valence-corrected chi connectivity index (χ4v) is 1.92. The van der Waals surface area contributed by atoms with Crippen LogP contribution in [0.2, 0.25) is 0 Å². The molecule has 0 aliphatic carbocycles. The average Bonchev–Trinajstić information content (AvgIpc) is 2.38. The van der Waals surface area contributed by atoms with E-state index < -0.39 is 0 Å². The SMILES string of the molecule is CCc1nnc(C)c2cc(OC)c(OC)cc12. The van der Waals surface area contributed by atoms with Gasteiger partial charge in [0.25, 0.3) is 0 Å². The van der Waals surface area contributed by atoms with Gasteiger partial charge in [0.05, 0.1) is 25.6 Å². The number of nitrogens with zero attached hydrogens (tertiary/aromatic N) is 2. The highest BCUT2D eigenvalue weighted by Crippen LogP contribution is 2.33. The summed E-state index contributed by atoms with van der Waals surface area (Å²) >= 11 is 0. The molecule has 0 aliphatic heterocycles. The van der Waals surface area contributed by atoms with Gasteiger partial charge in [-0.1, -0.05) is 6.92 Å². The molecular weight excluding hydrogens is 216 g/mol. The third kappa shape index (κ3) is 1.90. The quantitative estimate of drug-likeness (QED) is 0.815. The van der Waals surface area contributed by atoms with Crippen LogP contribution in [0.15, 0.2) is 12.1 Å². The smallest absolute Gasteiger partial charge is 0.161 e. The van der Waals surface area contributed by atoms with Gasteiger partial charge < -0.3 is 9.47 Å². The Morgan fingerprint density at radius 2 is 1.59 bits per heavy atom. The summed E-state index contributed by atoms with van der Waals surface area (Å²) in [6.07, 6.45) is 0.846. The summed E-state index contributed by atoms with van der Waals surface area (Å²) in [5.41, 5.74) is 1.88. The molecule has 0 radical (unpaired) electrons. The van der Waals surface area contributed by atoms with Crippen molar-refractivity contribution in [1.82, 2.24) is 10.2 Å². The highest BCUT2D eigenvalue weighted by Gasteiger charge is 2.11. The van der Waals surface area contributed by atoms with Gasteiger partial charge in [-0.15, -0.1) is 0 Å². The molecular formula is C13H16N2O2. The molecule has 0 saturated carbocycles. The van der Waals surface area contributed by atoms with Gasteiger partial charge in [-0.25, -0.2) is 0 Å². The van der Waals surface area contributed by atoms with Gasteiger partial charge in [0.1, 0.15) is 0 Å². The lowest BCUT2D eigenvalue weighted by atomic mass is 10.1. The van der Waals surface area contributed by atoms with Crippen molar-refractivity contribution in [3.63, 3.8) is 0 Å². The molecule has 0 spiro atoms. The maximum absolute atomic E-state index is 5.31. The molecule has 4 nitrogen and oxygen atoms in total. The summed E-state index contributed by atoms with van der Waals surface area (Å²) in [7, 11) is 3.27. The maximum atomic E-state index is 5.31. The fraction of sp³-hybridized carbons (Fsp3) is 0.385. The Labute approximate surface area is 101 Å². The number of rotatable bonds is 3. The zero-order valence-corrected chi connectivity index (χ0v) is 10.6. The molecule has 1 aromatic heterocycles. The molecule has 0 unspecified atom stereocenters. The zero-order chi connectivity index (χ0) is 12.4. The van der Waals surface area contributed by atoms with Crippen LogP contribution in [-0.2, 0) is 6.42 Å². The molecule has 0 bridgehead atoms. The van der Waals surface area contributed by atoms with Crippen LogP contribution >= 0.6 is 0 Å². The highest BCUT2D eigenvalue weighted by atomic mass is 16.5. The standard InChI is InChI=1S/C13H16N2O2/c1-5-11-10-7-13(17-4)12(16-3)6-9(10)8(2)14-15-11/h6-7H,5H2,1-4H3. The Hall–Kier alpha value is -1.84. The number of hydrogen-bond donors (Lipinski definition) is 0. The van der Waals surface area contributed by atoms with Crippen LogP contribution in [0, 0.1) is 6.92 Å². The molecule has 4 heteroatoms. The lowest BCUT2D eigenvalue weighted by molar-refractivity contribution is 0.356. The van der Waals surface area contributed by atoms with Crippen molar-refractivity contribution >= 4 is 10.8 Å². The average molecular weight is 232 g/mol. The van der Waals surface area contributed by atoms with Gasteiger partial charge in [0.15, 0.2) is 11.5 Å². The van der Waals surface area contributed by atoms with Crippen molar-refractivity contribution < 1.29 is 9.47 Å². The van der Waals surface area contributed by atoms with Gasteiger partial charge in [-0.3, -0.25) is 0 Å². The van der Waals surface area contributed by atoms with E-state index >= 15 is 0 Å². The number of aromatic nitrogens is 2. The van der Waals surface area contributed by atoms with Crippen molar-refractivity contribution in [3.05, 3.63) is 23.5 Å². The Bertz CT molecular complexity index is 553. The second-order valence-corrected chi connectivity index (χ2v) is 3.84. The van der Waals surface area contributed by atoms with Gasteiger partial charge in [0, 0.05) is 10.8 Å². The van der Waals surface area contributed by atoms with Gasteiger partial charge >= 0.3 is 0 Å². The summed E-state index contributed by atoms with van der Waals surface area (Å²) in [6, 6.07) is 3.92. The predicted octanol–water partition coefficient (Wildman–Crippen LogP) is 2.52. The van der Waals surface area contributed by atoms with Crippen molar-refractivity contribution in [2.24, 2.45) is 0 Å². The topological polar surface area (TPSA) is 44.2 Å². The monoisotopic (exact) mass is 232 g/mol. The maximum Gasteiger partial charge on any atom is 0.161 e. The van der Waals surface area contributed by atoms with Crippen LogP contribution in [-0.4, -0.2) is 24.4 Å². The van der Waals surface area contributed by atoms with E-state index in [-0.39, 0.29) is 0 Å². The minimum absolute atomic E-state index is 0.721. The highest BCUT2D eigenvalue weighted by molar-refractivity contribution is 5.89. The third-order valence-corrected chi connectivity index (χ3v) is 2.88. The van der Waals surface area contributed by atoms with Crippen LogP contribution in [0.5, 0.6) is 11.5 Å². The molecule has 2 aromatic rings. The minimum atomic E-state index is 0.721. The van der Waals surface area contributed by atoms with Crippen LogP contribution in [0.25, 0.3) is 10.8 Å². The summed E-state index contributed by atoms with van der Waals surface area (Å²) in [5, 5.41) is 10.5. The molecule has 0 fully saturated rings. The molecule has 0 N–H and O–H groups in total. The fourth-order valence-electron chi connectivity index (χ4n) is 1.92. The number of methoxy groups -OCH3 is 2. The Balaban J connectivity index is 2.80. The van der Waals surface area contributed by atoms with Crippen molar-refractivity contribution in [1.29, 1.82) is 0 Å². The van der Waals surface area contributed by atoms with Crippen molar-refractivity contribution in [2.45, 2.75) is 20.3 Å². The van der Waals surface area contributed by atoms with E-state index in [0.29, 0.717) is 0 Å². The van der Waals surface area contributed by atoms with E-state index in [4.69, 9.17) is 9.47 Å². The van der Waals surface area contributed by atoms with Crippen LogP contribution in [0.1, 0.15) is 18.3 Å². The second-order valence-electron chi connectivity index (χ2n) is 3.84. The van der Waals surface area contributed by atoms with E-state index in [1.165, 1.54) is 0 Å². The molecule has 17 heavy (non-hydrogen) atoms. The number of aryl methyl sites for hydroxylation is 2. The molecule has 0 atom stereocenters. The Kier molecular flexibility index (Phi) is 3.13. The van der Waals surface area contributed by atoms with Crippen LogP contribution in [0.3, 0.4) is 0 Å². The largest absolute Gasteiger partial charge is 0.493 e. The first-order valence-electron chi connectivity index (χ1n) is 5.59. The van der Waals surface area contributed by atoms with E-state index in [0.717, 1.165) is 40.1 Å². The van der Waals surface area contributed by atoms with E-state index in [1.54, 1.807) is 14.2 Å². The molecule has 0 amide bonds. The molecule has 1 aromatic carbocycles. The zero-order valence-electron chi connectivity index (χ0n) is 10.6. The summed E-state index contributed by atoms with van der Waals surface area (Å²) < 4.78 is 10.6.